The van der Waals surface area contributed by atoms with E-state index in [2.05, 4.69) is 27.0 Å². The van der Waals surface area contributed by atoms with E-state index in [0.717, 1.165) is 30.4 Å². The Labute approximate surface area is 119 Å². The second-order valence-electron chi connectivity index (χ2n) is 5.46. The van der Waals surface area contributed by atoms with Crippen LogP contribution < -0.4 is 0 Å². The number of pyridine rings is 1. The summed E-state index contributed by atoms with van der Waals surface area (Å²) in [5.74, 6) is 2.68. The van der Waals surface area contributed by atoms with Gasteiger partial charge in [-0.05, 0) is 45.5 Å². The van der Waals surface area contributed by atoms with Crippen LogP contribution in [0.3, 0.4) is 0 Å². The highest BCUT2D eigenvalue weighted by Crippen LogP contribution is 2.28. The molecule has 5 heteroatoms. The molecule has 0 unspecified atom stereocenters. The summed E-state index contributed by atoms with van der Waals surface area (Å²) in [6, 6.07) is 6.22. The summed E-state index contributed by atoms with van der Waals surface area (Å²) in [6.07, 6.45) is 6.76. The first-order valence-electron chi connectivity index (χ1n) is 7.31. The molecule has 0 aliphatic carbocycles. The fourth-order valence-corrected chi connectivity index (χ4v) is 2.87. The molecule has 1 aliphatic heterocycles. The molecule has 2 aromatic heterocycles. The van der Waals surface area contributed by atoms with Gasteiger partial charge in [-0.15, -0.1) is 5.10 Å². The lowest BCUT2D eigenvalue weighted by molar-refractivity contribution is 0.237. The lowest BCUT2D eigenvalue weighted by Crippen LogP contribution is -2.26. The molecule has 20 heavy (non-hydrogen) atoms. The quantitative estimate of drug-likeness (QED) is 0.842. The molecule has 1 fully saturated rings. The summed E-state index contributed by atoms with van der Waals surface area (Å²) in [5.41, 5.74) is 0. The SMILES string of the molecule is Cc1nc([C@H]2CCCCCN2C)n(-c2ccccn2)n1. The standard InChI is InChI=1S/C15H21N5/c1-12-17-15(13-8-4-3-7-11-19(13)2)20(18-12)14-9-5-6-10-16-14/h5-6,9-10,13H,3-4,7-8,11H2,1-2H3/t13-/m1/s1. The zero-order chi connectivity index (χ0) is 13.9. The maximum Gasteiger partial charge on any atom is 0.155 e. The molecule has 3 heterocycles. The van der Waals surface area contributed by atoms with Crippen LogP contribution in [0.5, 0.6) is 0 Å². The third-order valence-corrected chi connectivity index (χ3v) is 3.92. The van der Waals surface area contributed by atoms with E-state index >= 15 is 0 Å². The third kappa shape index (κ3) is 2.58. The number of hydrogen-bond donors (Lipinski definition) is 0. The Bertz CT molecular complexity index is 563. The molecule has 0 radical (unpaired) electrons. The van der Waals surface area contributed by atoms with Crippen LogP contribution in [0.1, 0.15) is 43.4 Å². The molecule has 0 aromatic carbocycles. The fourth-order valence-electron chi connectivity index (χ4n) is 2.87. The molecule has 0 bridgehead atoms. The molecule has 1 saturated heterocycles. The lowest BCUT2D eigenvalue weighted by atomic mass is 10.1. The minimum atomic E-state index is 0.334. The highest BCUT2D eigenvalue weighted by atomic mass is 15.4. The Hall–Kier alpha value is -1.75. The molecule has 0 spiro atoms. The van der Waals surface area contributed by atoms with Gasteiger partial charge in [-0.2, -0.15) is 4.68 Å². The predicted molar refractivity (Wildman–Crippen MR) is 77.7 cm³/mol. The molecule has 106 valence electrons. The summed E-state index contributed by atoms with van der Waals surface area (Å²) in [4.78, 5) is 11.5. The molecular weight excluding hydrogens is 250 g/mol. The normalized spacial score (nSPS) is 20.8. The van der Waals surface area contributed by atoms with Crippen LogP contribution in [0.2, 0.25) is 0 Å². The highest BCUT2D eigenvalue weighted by Gasteiger charge is 2.25. The Morgan fingerprint density at radius 2 is 2.10 bits per heavy atom. The lowest BCUT2D eigenvalue weighted by Gasteiger charge is -2.24. The van der Waals surface area contributed by atoms with Crippen molar-refractivity contribution in [3.63, 3.8) is 0 Å². The van der Waals surface area contributed by atoms with E-state index in [1.807, 2.05) is 29.8 Å². The Balaban J connectivity index is 2.01. The van der Waals surface area contributed by atoms with Gasteiger partial charge < -0.3 is 0 Å². The molecular formula is C15H21N5. The Morgan fingerprint density at radius 1 is 1.20 bits per heavy atom. The summed E-state index contributed by atoms with van der Waals surface area (Å²) in [5, 5.41) is 4.54. The Kier molecular flexibility index (Phi) is 3.78. The van der Waals surface area contributed by atoms with Crippen molar-refractivity contribution in [2.75, 3.05) is 13.6 Å². The van der Waals surface area contributed by atoms with E-state index < -0.39 is 0 Å². The second kappa shape index (κ2) is 5.71. The zero-order valence-corrected chi connectivity index (χ0v) is 12.2. The van der Waals surface area contributed by atoms with Gasteiger partial charge in [0.1, 0.15) is 5.82 Å². The molecule has 1 atom stereocenters. The first kappa shape index (κ1) is 13.2. The van der Waals surface area contributed by atoms with Crippen molar-refractivity contribution in [3.05, 3.63) is 36.0 Å². The van der Waals surface area contributed by atoms with Crippen molar-refractivity contribution in [2.24, 2.45) is 0 Å². The summed E-state index contributed by atoms with van der Waals surface area (Å²) >= 11 is 0. The van der Waals surface area contributed by atoms with E-state index in [9.17, 15) is 0 Å². The number of aryl methyl sites for hydroxylation is 1. The van der Waals surface area contributed by atoms with Gasteiger partial charge in [-0.25, -0.2) is 9.97 Å². The predicted octanol–water partition coefficient (Wildman–Crippen LogP) is 2.52. The van der Waals surface area contributed by atoms with Crippen molar-refractivity contribution in [3.8, 4) is 5.82 Å². The first-order valence-corrected chi connectivity index (χ1v) is 7.31. The molecule has 2 aromatic rings. The van der Waals surface area contributed by atoms with E-state index in [1.54, 1.807) is 6.20 Å². The van der Waals surface area contributed by atoms with Crippen molar-refractivity contribution in [2.45, 2.75) is 38.6 Å². The molecule has 3 rings (SSSR count). The van der Waals surface area contributed by atoms with Crippen LogP contribution >= 0.6 is 0 Å². The maximum absolute atomic E-state index is 4.67. The number of hydrogen-bond acceptors (Lipinski definition) is 4. The van der Waals surface area contributed by atoms with Gasteiger partial charge in [0.15, 0.2) is 11.6 Å². The molecule has 0 saturated carbocycles. The minimum absolute atomic E-state index is 0.334. The zero-order valence-electron chi connectivity index (χ0n) is 12.2. The summed E-state index contributed by atoms with van der Waals surface area (Å²) < 4.78 is 1.90. The van der Waals surface area contributed by atoms with Crippen molar-refractivity contribution in [1.29, 1.82) is 0 Å². The number of nitrogens with zero attached hydrogens (tertiary/aromatic N) is 5. The van der Waals surface area contributed by atoms with Crippen LogP contribution in [0.15, 0.2) is 24.4 Å². The minimum Gasteiger partial charge on any atom is -0.296 e. The van der Waals surface area contributed by atoms with Gasteiger partial charge in [-0.3, -0.25) is 4.90 Å². The van der Waals surface area contributed by atoms with E-state index in [1.165, 1.54) is 19.3 Å². The molecule has 1 aliphatic rings. The Morgan fingerprint density at radius 3 is 2.90 bits per heavy atom. The van der Waals surface area contributed by atoms with E-state index in [-0.39, 0.29) is 0 Å². The fraction of sp³-hybridized carbons (Fsp3) is 0.533. The number of likely N-dealkylation sites (tertiary alicyclic amines) is 1. The molecule has 0 amide bonds. The molecule has 0 N–H and O–H groups in total. The van der Waals surface area contributed by atoms with Crippen LogP contribution in [0.25, 0.3) is 5.82 Å². The number of aromatic nitrogens is 4. The maximum atomic E-state index is 4.67. The van der Waals surface area contributed by atoms with Gasteiger partial charge in [0, 0.05) is 6.20 Å². The third-order valence-electron chi connectivity index (χ3n) is 3.92. The van der Waals surface area contributed by atoms with Crippen molar-refractivity contribution in [1.82, 2.24) is 24.6 Å². The second-order valence-corrected chi connectivity index (χ2v) is 5.46. The average molecular weight is 271 g/mol. The van der Waals surface area contributed by atoms with Gasteiger partial charge in [-0.1, -0.05) is 18.9 Å². The van der Waals surface area contributed by atoms with Crippen molar-refractivity contribution < 1.29 is 0 Å². The topological polar surface area (TPSA) is 46.8 Å². The van der Waals surface area contributed by atoms with Crippen LogP contribution in [-0.4, -0.2) is 38.2 Å². The van der Waals surface area contributed by atoms with Crippen LogP contribution in [0, 0.1) is 6.92 Å². The van der Waals surface area contributed by atoms with Crippen LogP contribution in [0.4, 0.5) is 0 Å². The van der Waals surface area contributed by atoms with E-state index in [0.29, 0.717) is 6.04 Å². The van der Waals surface area contributed by atoms with Gasteiger partial charge in [0.2, 0.25) is 0 Å². The first-order chi connectivity index (χ1) is 9.75. The van der Waals surface area contributed by atoms with Gasteiger partial charge in [0.05, 0.1) is 6.04 Å². The van der Waals surface area contributed by atoms with Crippen molar-refractivity contribution >= 4 is 0 Å². The monoisotopic (exact) mass is 271 g/mol. The number of rotatable bonds is 2. The largest absolute Gasteiger partial charge is 0.296 e. The van der Waals surface area contributed by atoms with Gasteiger partial charge in [0.25, 0.3) is 0 Å². The smallest absolute Gasteiger partial charge is 0.155 e. The van der Waals surface area contributed by atoms with Crippen LogP contribution in [-0.2, 0) is 0 Å². The molecule has 5 nitrogen and oxygen atoms in total. The summed E-state index contributed by atoms with van der Waals surface area (Å²) in [6.45, 7) is 3.07. The van der Waals surface area contributed by atoms with E-state index in [4.69, 9.17) is 0 Å². The summed E-state index contributed by atoms with van der Waals surface area (Å²) in [7, 11) is 2.18. The highest BCUT2D eigenvalue weighted by molar-refractivity contribution is 5.23. The average Bonchev–Trinajstić information content (AvgIpc) is 2.72. The van der Waals surface area contributed by atoms with Gasteiger partial charge >= 0.3 is 0 Å².